The monoisotopic (exact) mass is 398 g/mol. The summed E-state index contributed by atoms with van der Waals surface area (Å²) in [5.41, 5.74) is 2.62. The van der Waals surface area contributed by atoms with Gasteiger partial charge in [0.2, 0.25) is 0 Å². The molecule has 1 aromatic carbocycles. The normalized spacial score (nSPS) is 11.1. The van der Waals surface area contributed by atoms with E-state index in [0.717, 1.165) is 12.0 Å². The largest absolute Gasteiger partial charge is 0.476 e. The molecule has 0 spiro atoms. The Hall–Kier alpha value is -2.10. The minimum Gasteiger partial charge on any atom is -0.476 e. The summed E-state index contributed by atoms with van der Waals surface area (Å²) in [5, 5.41) is 13.0. The maximum Gasteiger partial charge on any atom is 0.356 e. The van der Waals surface area contributed by atoms with Crippen LogP contribution in [-0.4, -0.2) is 20.9 Å². The molecule has 0 radical (unpaired) electrons. The van der Waals surface area contributed by atoms with E-state index < -0.39 is 5.97 Å². The fourth-order valence-corrected chi connectivity index (χ4v) is 3.73. The Bertz CT molecular complexity index is 691. The van der Waals surface area contributed by atoms with Crippen molar-refractivity contribution in [2.75, 3.05) is 0 Å². The first-order chi connectivity index (χ1) is 14.2. The minimum absolute atomic E-state index is 0.0913. The van der Waals surface area contributed by atoms with Crippen LogP contribution >= 0.6 is 0 Å². The van der Waals surface area contributed by atoms with Gasteiger partial charge >= 0.3 is 5.97 Å². The summed E-state index contributed by atoms with van der Waals surface area (Å²) in [4.78, 5) is 10.9. The molecule has 4 nitrogen and oxygen atoms in total. The van der Waals surface area contributed by atoms with Gasteiger partial charge in [0.1, 0.15) is 0 Å². The van der Waals surface area contributed by atoms with Crippen molar-refractivity contribution in [3.05, 3.63) is 53.3 Å². The Morgan fingerprint density at radius 3 is 1.83 bits per heavy atom. The van der Waals surface area contributed by atoms with Crippen molar-refractivity contribution in [3.63, 3.8) is 0 Å². The van der Waals surface area contributed by atoms with Crippen LogP contribution in [0.15, 0.2) is 36.5 Å². The van der Waals surface area contributed by atoms with E-state index in [1.54, 1.807) is 10.9 Å². The number of aryl methyl sites for hydroxylation is 1. The van der Waals surface area contributed by atoms with Gasteiger partial charge in [0.25, 0.3) is 0 Å². The Balaban J connectivity index is 1.51. The van der Waals surface area contributed by atoms with Gasteiger partial charge in [-0.15, -0.1) is 0 Å². The van der Waals surface area contributed by atoms with E-state index in [1.807, 2.05) is 0 Å². The average Bonchev–Trinajstić information content (AvgIpc) is 3.19. The zero-order valence-electron chi connectivity index (χ0n) is 18.1. The van der Waals surface area contributed by atoms with E-state index in [-0.39, 0.29) is 5.69 Å². The molecule has 1 N–H and O–H groups in total. The molecular weight excluding hydrogens is 360 g/mol. The number of aromatic nitrogens is 2. The molecule has 2 rings (SSSR count). The number of hydrogen-bond acceptors (Lipinski definition) is 2. The molecule has 0 aliphatic rings. The molecule has 1 heterocycles. The van der Waals surface area contributed by atoms with Crippen LogP contribution < -0.4 is 0 Å². The molecule has 0 saturated heterocycles. The molecule has 2 aromatic rings. The first-order valence-corrected chi connectivity index (χ1v) is 11.5. The van der Waals surface area contributed by atoms with Crippen LogP contribution in [0.1, 0.15) is 106 Å². The smallest absolute Gasteiger partial charge is 0.356 e. The van der Waals surface area contributed by atoms with Crippen LogP contribution in [0.25, 0.3) is 0 Å². The van der Waals surface area contributed by atoms with Gasteiger partial charge in [0.15, 0.2) is 5.69 Å². The van der Waals surface area contributed by atoms with Crippen LogP contribution in [-0.2, 0) is 13.0 Å². The Morgan fingerprint density at radius 1 is 0.793 bits per heavy atom. The fourth-order valence-electron chi connectivity index (χ4n) is 3.73. The van der Waals surface area contributed by atoms with Crippen molar-refractivity contribution in [1.29, 1.82) is 0 Å². The number of nitrogens with zero attached hydrogens (tertiary/aromatic N) is 2. The van der Waals surface area contributed by atoms with Gasteiger partial charge in [-0.3, -0.25) is 4.68 Å². The predicted molar refractivity (Wildman–Crippen MR) is 120 cm³/mol. The second-order valence-corrected chi connectivity index (χ2v) is 8.16. The quantitative estimate of drug-likeness (QED) is 0.314. The van der Waals surface area contributed by atoms with Gasteiger partial charge in [0, 0.05) is 6.20 Å². The summed E-state index contributed by atoms with van der Waals surface area (Å²) in [6.45, 7) is 2.88. The Morgan fingerprint density at radius 2 is 1.31 bits per heavy atom. The summed E-state index contributed by atoms with van der Waals surface area (Å²) in [6.07, 6.45) is 19.4. The highest BCUT2D eigenvalue weighted by Crippen LogP contribution is 2.14. The van der Waals surface area contributed by atoms with E-state index in [4.69, 9.17) is 5.11 Å². The molecule has 0 saturated carbocycles. The third-order valence-electron chi connectivity index (χ3n) is 5.55. The van der Waals surface area contributed by atoms with E-state index in [2.05, 4.69) is 36.3 Å². The van der Waals surface area contributed by atoms with Crippen LogP contribution in [0.5, 0.6) is 0 Å². The fraction of sp³-hybridized carbons (Fsp3) is 0.600. The second kappa shape index (κ2) is 14.0. The zero-order chi connectivity index (χ0) is 20.7. The molecule has 0 atom stereocenters. The number of carboxylic acids is 1. The summed E-state index contributed by atoms with van der Waals surface area (Å²) in [6, 6.07) is 10.2. The maximum absolute atomic E-state index is 10.9. The lowest BCUT2D eigenvalue weighted by atomic mass is 10.0. The number of carboxylic acid groups (broad SMARTS) is 1. The molecule has 0 bridgehead atoms. The second-order valence-electron chi connectivity index (χ2n) is 8.16. The summed E-state index contributed by atoms with van der Waals surface area (Å²) in [5.74, 6) is -0.985. The van der Waals surface area contributed by atoms with Crippen molar-refractivity contribution >= 4 is 5.97 Å². The first kappa shape index (κ1) is 23.2. The Kier molecular flexibility index (Phi) is 11.2. The molecule has 1 aromatic heterocycles. The zero-order valence-corrected chi connectivity index (χ0v) is 18.1. The van der Waals surface area contributed by atoms with Gasteiger partial charge in [-0.2, -0.15) is 5.10 Å². The predicted octanol–water partition coefficient (Wildman–Crippen LogP) is 6.87. The lowest BCUT2D eigenvalue weighted by Crippen LogP contribution is -2.04. The van der Waals surface area contributed by atoms with Gasteiger partial charge in [0.05, 0.1) is 6.54 Å². The molecule has 0 amide bonds. The van der Waals surface area contributed by atoms with Crippen molar-refractivity contribution in [2.45, 2.75) is 96.9 Å². The van der Waals surface area contributed by atoms with E-state index in [1.165, 1.54) is 88.7 Å². The molecule has 4 heteroatoms. The SMILES string of the molecule is CCCCCCCCCCCCCCc1ccc(Cn2ccc(C(=O)O)n2)cc1. The van der Waals surface area contributed by atoms with Crippen LogP contribution in [0.2, 0.25) is 0 Å². The van der Waals surface area contributed by atoms with Crippen molar-refractivity contribution in [2.24, 2.45) is 0 Å². The molecule has 0 fully saturated rings. The number of carbonyl (C=O) groups is 1. The lowest BCUT2D eigenvalue weighted by Gasteiger charge is -2.06. The Labute approximate surface area is 176 Å². The number of hydrogen-bond donors (Lipinski definition) is 1. The highest BCUT2D eigenvalue weighted by atomic mass is 16.4. The molecule has 0 unspecified atom stereocenters. The van der Waals surface area contributed by atoms with E-state index >= 15 is 0 Å². The summed E-state index contributed by atoms with van der Waals surface area (Å²) in [7, 11) is 0. The highest BCUT2D eigenvalue weighted by molar-refractivity contribution is 5.85. The van der Waals surface area contributed by atoms with E-state index in [9.17, 15) is 4.79 Å². The van der Waals surface area contributed by atoms with Gasteiger partial charge in [-0.05, 0) is 30.0 Å². The topological polar surface area (TPSA) is 55.1 Å². The van der Waals surface area contributed by atoms with Crippen molar-refractivity contribution in [1.82, 2.24) is 9.78 Å². The number of benzene rings is 1. The van der Waals surface area contributed by atoms with Gasteiger partial charge in [-0.1, -0.05) is 102 Å². The van der Waals surface area contributed by atoms with E-state index in [0.29, 0.717) is 6.54 Å². The lowest BCUT2D eigenvalue weighted by molar-refractivity contribution is 0.0689. The minimum atomic E-state index is -0.985. The third-order valence-corrected chi connectivity index (χ3v) is 5.55. The molecular formula is C25H38N2O2. The summed E-state index contributed by atoms with van der Waals surface area (Å²) < 4.78 is 1.67. The molecule has 0 aliphatic heterocycles. The maximum atomic E-state index is 10.9. The van der Waals surface area contributed by atoms with Crippen molar-refractivity contribution < 1.29 is 9.90 Å². The van der Waals surface area contributed by atoms with Gasteiger partial charge in [-0.25, -0.2) is 4.79 Å². The van der Waals surface area contributed by atoms with Crippen LogP contribution in [0.4, 0.5) is 0 Å². The number of rotatable bonds is 16. The molecule has 29 heavy (non-hydrogen) atoms. The van der Waals surface area contributed by atoms with Crippen LogP contribution in [0, 0.1) is 0 Å². The van der Waals surface area contributed by atoms with Crippen molar-refractivity contribution in [3.8, 4) is 0 Å². The number of unbranched alkanes of at least 4 members (excludes halogenated alkanes) is 11. The average molecular weight is 399 g/mol. The van der Waals surface area contributed by atoms with Gasteiger partial charge < -0.3 is 5.11 Å². The standard InChI is InChI=1S/C25H38N2O2/c1-2-3-4-5-6-7-8-9-10-11-12-13-14-22-15-17-23(18-16-22)21-27-20-19-24(26-27)25(28)29/h15-20H,2-14,21H2,1H3,(H,28,29). The third kappa shape index (κ3) is 9.78. The summed E-state index contributed by atoms with van der Waals surface area (Å²) >= 11 is 0. The molecule has 160 valence electrons. The van der Waals surface area contributed by atoms with Crippen LogP contribution in [0.3, 0.4) is 0 Å². The molecule has 0 aliphatic carbocycles. The first-order valence-electron chi connectivity index (χ1n) is 11.5. The number of aromatic carboxylic acids is 1. The highest BCUT2D eigenvalue weighted by Gasteiger charge is 2.06.